The van der Waals surface area contributed by atoms with Crippen molar-refractivity contribution in [3.63, 3.8) is 0 Å². The molecule has 162 valence electrons. The van der Waals surface area contributed by atoms with E-state index >= 15 is 0 Å². The first kappa shape index (κ1) is 21.3. The van der Waals surface area contributed by atoms with Crippen molar-refractivity contribution in [2.24, 2.45) is 11.0 Å². The lowest BCUT2D eigenvalue weighted by molar-refractivity contribution is -0.126. The van der Waals surface area contributed by atoms with Gasteiger partial charge in [0.1, 0.15) is 12.4 Å². The summed E-state index contributed by atoms with van der Waals surface area (Å²) in [6.45, 7) is 2.83. The first-order valence-corrected chi connectivity index (χ1v) is 10.6. The molecule has 4 rings (SSSR count). The number of aryl methyl sites for hydroxylation is 1. The molecule has 1 aliphatic heterocycles. The summed E-state index contributed by atoms with van der Waals surface area (Å²) in [5.74, 6) is -0.0253. The van der Waals surface area contributed by atoms with Crippen LogP contribution in [0.1, 0.15) is 23.1 Å². The van der Waals surface area contributed by atoms with Crippen LogP contribution in [0.25, 0.3) is 0 Å². The third-order valence-electron chi connectivity index (χ3n) is 5.34. The SMILES string of the molecule is Cc1ccc(N2C[C@@H](C(=O)N/N=C/c3cccc(OCc4ccccc4)c3)CC2=O)cc1. The van der Waals surface area contributed by atoms with Crippen LogP contribution in [0.5, 0.6) is 5.75 Å². The Kier molecular flexibility index (Phi) is 6.60. The van der Waals surface area contributed by atoms with Crippen molar-refractivity contribution in [3.8, 4) is 5.75 Å². The van der Waals surface area contributed by atoms with Crippen molar-refractivity contribution in [1.82, 2.24) is 5.43 Å². The van der Waals surface area contributed by atoms with Crippen LogP contribution < -0.4 is 15.1 Å². The summed E-state index contributed by atoms with van der Waals surface area (Å²) >= 11 is 0. The number of nitrogens with zero attached hydrogens (tertiary/aromatic N) is 2. The third kappa shape index (κ3) is 5.40. The summed E-state index contributed by atoms with van der Waals surface area (Å²) < 4.78 is 5.82. The Labute approximate surface area is 187 Å². The Morgan fingerprint density at radius 1 is 1.09 bits per heavy atom. The van der Waals surface area contributed by atoms with Gasteiger partial charge in [0, 0.05) is 18.7 Å². The van der Waals surface area contributed by atoms with E-state index in [1.807, 2.05) is 85.8 Å². The molecule has 6 heteroatoms. The van der Waals surface area contributed by atoms with Crippen LogP contribution in [0.4, 0.5) is 5.69 Å². The minimum absolute atomic E-state index is 0.0544. The molecule has 3 aromatic carbocycles. The molecule has 0 spiro atoms. The summed E-state index contributed by atoms with van der Waals surface area (Å²) in [6, 6.07) is 25.1. The van der Waals surface area contributed by atoms with Gasteiger partial charge in [-0.2, -0.15) is 5.10 Å². The number of anilines is 1. The van der Waals surface area contributed by atoms with Crippen molar-refractivity contribution in [1.29, 1.82) is 0 Å². The highest BCUT2D eigenvalue weighted by molar-refractivity contribution is 6.00. The predicted octanol–water partition coefficient (Wildman–Crippen LogP) is 4.08. The average Bonchev–Trinajstić information content (AvgIpc) is 3.21. The molecule has 0 radical (unpaired) electrons. The second kappa shape index (κ2) is 9.92. The quantitative estimate of drug-likeness (QED) is 0.456. The van der Waals surface area contributed by atoms with E-state index in [4.69, 9.17) is 4.74 Å². The molecule has 3 aromatic rings. The Balaban J connectivity index is 1.30. The van der Waals surface area contributed by atoms with Crippen LogP contribution >= 0.6 is 0 Å². The largest absolute Gasteiger partial charge is 0.489 e. The fourth-order valence-corrected chi connectivity index (χ4v) is 3.54. The van der Waals surface area contributed by atoms with Crippen LogP contribution in [0.15, 0.2) is 84.0 Å². The van der Waals surface area contributed by atoms with E-state index in [0.717, 1.165) is 28.1 Å². The number of rotatable bonds is 7. The number of hydrogen-bond donors (Lipinski definition) is 1. The molecular weight excluding hydrogens is 402 g/mol. The molecule has 0 aliphatic carbocycles. The molecule has 0 aromatic heterocycles. The van der Waals surface area contributed by atoms with Gasteiger partial charge in [0.15, 0.2) is 0 Å². The fourth-order valence-electron chi connectivity index (χ4n) is 3.54. The van der Waals surface area contributed by atoms with Crippen LogP contribution in [-0.4, -0.2) is 24.6 Å². The van der Waals surface area contributed by atoms with E-state index in [9.17, 15) is 9.59 Å². The Morgan fingerprint density at radius 3 is 2.66 bits per heavy atom. The number of ether oxygens (including phenoxy) is 1. The topological polar surface area (TPSA) is 71.0 Å². The van der Waals surface area contributed by atoms with E-state index in [-0.39, 0.29) is 18.2 Å². The molecule has 0 bridgehead atoms. The summed E-state index contributed by atoms with van der Waals surface area (Å²) in [5, 5.41) is 4.07. The van der Waals surface area contributed by atoms with Crippen LogP contribution in [-0.2, 0) is 16.2 Å². The molecule has 2 amide bonds. The van der Waals surface area contributed by atoms with Gasteiger partial charge in [0.05, 0.1) is 12.1 Å². The zero-order chi connectivity index (χ0) is 22.3. The summed E-state index contributed by atoms with van der Waals surface area (Å²) in [6.07, 6.45) is 1.75. The lowest BCUT2D eigenvalue weighted by Crippen LogP contribution is -2.30. The van der Waals surface area contributed by atoms with Crippen LogP contribution in [0.3, 0.4) is 0 Å². The van der Waals surface area contributed by atoms with Gasteiger partial charge in [-0.3, -0.25) is 9.59 Å². The molecule has 0 unspecified atom stereocenters. The molecule has 1 fully saturated rings. The number of benzene rings is 3. The molecule has 1 N–H and O–H groups in total. The van der Waals surface area contributed by atoms with Crippen LogP contribution in [0, 0.1) is 12.8 Å². The monoisotopic (exact) mass is 427 g/mol. The minimum atomic E-state index is -0.429. The fraction of sp³-hybridized carbons (Fsp3) is 0.192. The average molecular weight is 428 g/mol. The van der Waals surface area contributed by atoms with Gasteiger partial charge in [-0.25, -0.2) is 5.43 Å². The maximum Gasteiger partial charge on any atom is 0.245 e. The number of carbonyl (C=O) groups is 2. The molecule has 1 aliphatic rings. The summed E-state index contributed by atoms with van der Waals surface area (Å²) in [4.78, 5) is 26.5. The second-order valence-electron chi connectivity index (χ2n) is 7.82. The number of amides is 2. The van der Waals surface area contributed by atoms with Crippen molar-refractivity contribution in [2.75, 3.05) is 11.4 Å². The van der Waals surface area contributed by atoms with Gasteiger partial charge in [-0.1, -0.05) is 60.2 Å². The van der Waals surface area contributed by atoms with E-state index < -0.39 is 5.92 Å². The zero-order valence-electron chi connectivity index (χ0n) is 17.9. The minimum Gasteiger partial charge on any atom is -0.489 e. The standard InChI is InChI=1S/C26H25N3O3/c1-19-10-12-23(13-11-19)29-17-22(15-25(29)30)26(31)28-27-16-21-8-5-9-24(14-21)32-18-20-6-3-2-4-7-20/h2-14,16,22H,15,17-18H2,1H3,(H,28,31)/b27-16+/t22-/m0/s1. The highest BCUT2D eigenvalue weighted by Crippen LogP contribution is 2.25. The van der Waals surface area contributed by atoms with Gasteiger partial charge in [-0.15, -0.1) is 0 Å². The van der Waals surface area contributed by atoms with Crippen molar-refractivity contribution in [3.05, 3.63) is 95.6 Å². The van der Waals surface area contributed by atoms with Gasteiger partial charge >= 0.3 is 0 Å². The molecule has 32 heavy (non-hydrogen) atoms. The number of hydrogen-bond acceptors (Lipinski definition) is 4. The number of nitrogens with one attached hydrogen (secondary N) is 1. The van der Waals surface area contributed by atoms with Gasteiger partial charge < -0.3 is 9.64 Å². The van der Waals surface area contributed by atoms with E-state index in [1.54, 1.807) is 11.1 Å². The Morgan fingerprint density at radius 2 is 1.88 bits per heavy atom. The smallest absolute Gasteiger partial charge is 0.245 e. The van der Waals surface area contributed by atoms with Crippen molar-refractivity contribution in [2.45, 2.75) is 20.0 Å². The summed E-state index contributed by atoms with van der Waals surface area (Å²) in [5.41, 5.74) is 6.39. The van der Waals surface area contributed by atoms with Crippen molar-refractivity contribution >= 4 is 23.7 Å². The molecule has 1 saturated heterocycles. The lowest BCUT2D eigenvalue weighted by Gasteiger charge is -2.16. The molecule has 1 atom stereocenters. The predicted molar refractivity (Wildman–Crippen MR) is 125 cm³/mol. The van der Waals surface area contributed by atoms with E-state index in [1.165, 1.54) is 0 Å². The molecule has 1 heterocycles. The number of carbonyl (C=O) groups excluding carboxylic acids is 2. The van der Waals surface area contributed by atoms with E-state index in [0.29, 0.717) is 13.2 Å². The van der Waals surface area contributed by atoms with Crippen molar-refractivity contribution < 1.29 is 14.3 Å². The first-order valence-electron chi connectivity index (χ1n) is 10.6. The number of hydrazone groups is 1. The maximum atomic E-state index is 12.5. The van der Waals surface area contributed by atoms with Gasteiger partial charge in [0.2, 0.25) is 11.8 Å². The van der Waals surface area contributed by atoms with E-state index in [2.05, 4.69) is 10.5 Å². The maximum absolute atomic E-state index is 12.5. The second-order valence-corrected chi connectivity index (χ2v) is 7.82. The van der Waals surface area contributed by atoms with Gasteiger partial charge in [0.25, 0.3) is 0 Å². The lowest BCUT2D eigenvalue weighted by atomic mass is 10.1. The summed E-state index contributed by atoms with van der Waals surface area (Å²) in [7, 11) is 0. The highest BCUT2D eigenvalue weighted by Gasteiger charge is 2.35. The molecule has 6 nitrogen and oxygen atoms in total. The normalized spacial score (nSPS) is 15.8. The zero-order valence-corrected chi connectivity index (χ0v) is 17.9. The van der Waals surface area contributed by atoms with Crippen LogP contribution in [0.2, 0.25) is 0 Å². The highest BCUT2D eigenvalue weighted by atomic mass is 16.5. The third-order valence-corrected chi connectivity index (χ3v) is 5.34. The first-order chi connectivity index (χ1) is 15.6. The Hall–Kier alpha value is -3.93. The Bertz CT molecular complexity index is 1110. The molecule has 0 saturated carbocycles. The van der Waals surface area contributed by atoms with Gasteiger partial charge in [-0.05, 0) is 42.3 Å². The molecular formula is C26H25N3O3.